The zero-order chi connectivity index (χ0) is 21.4. The summed E-state index contributed by atoms with van der Waals surface area (Å²) in [5.41, 5.74) is 0.497. The van der Waals surface area contributed by atoms with Crippen LogP contribution in [0.1, 0.15) is 31.4 Å². The van der Waals surface area contributed by atoms with Crippen molar-refractivity contribution in [2.75, 3.05) is 12.4 Å². The molecule has 2 aliphatic rings. The number of nitrogens with zero attached hydrogens (tertiary/aromatic N) is 1. The molecule has 0 aromatic heterocycles. The molecule has 1 heterocycles. The number of methoxy groups -OCH3 is 1. The molecule has 1 atom stereocenters. The smallest absolute Gasteiger partial charge is 0.322 e. The molecule has 6 nitrogen and oxygen atoms in total. The summed E-state index contributed by atoms with van der Waals surface area (Å²) in [5.74, 6) is -1.81. The van der Waals surface area contributed by atoms with Crippen LogP contribution < -0.4 is 15.4 Å². The molecule has 8 heteroatoms. The first-order chi connectivity index (χ1) is 14.4. The lowest BCUT2D eigenvalue weighted by Crippen LogP contribution is -2.49. The van der Waals surface area contributed by atoms with Crippen LogP contribution in [0, 0.1) is 11.6 Å². The van der Waals surface area contributed by atoms with Gasteiger partial charge in [0.15, 0.2) is 0 Å². The van der Waals surface area contributed by atoms with Crippen LogP contribution in [0.2, 0.25) is 0 Å². The highest BCUT2D eigenvalue weighted by molar-refractivity contribution is 6.07. The molecule has 0 saturated heterocycles. The number of ether oxygens (including phenoxy) is 1. The van der Waals surface area contributed by atoms with Crippen molar-refractivity contribution in [1.29, 1.82) is 0 Å². The first-order valence-corrected chi connectivity index (χ1v) is 9.61. The van der Waals surface area contributed by atoms with Gasteiger partial charge >= 0.3 is 6.03 Å². The minimum Gasteiger partial charge on any atom is -0.495 e. The molecular formula is C22H21F2N3O3. The van der Waals surface area contributed by atoms with Crippen molar-refractivity contribution in [2.24, 2.45) is 0 Å². The van der Waals surface area contributed by atoms with E-state index in [0.29, 0.717) is 17.1 Å². The maximum absolute atomic E-state index is 14.6. The van der Waals surface area contributed by atoms with Gasteiger partial charge in [0, 0.05) is 11.7 Å². The predicted molar refractivity (Wildman–Crippen MR) is 107 cm³/mol. The molecule has 4 rings (SSSR count). The van der Waals surface area contributed by atoms with Crippen molar-refractivity contribution in [2.45, 2.75) is 31.8 Å². The summed E-state index contributed by atoms with van der Waals surface area (Å²) >= 11 is 0. The number of halogens is 2. The predicted octanol–water partition coefficient (Wildman–Crippen LogP) is 4.11. The van der Waals surface area contributed by atoms with Gasteiger partial charge in [0.2, 0.25) is 0 Å². The van der Waals surface area contributed by atoms with E-state index >= 15 is 0 Å². The molecule has 0 bridgehead atoms. The fourth-order valence-electron chi connectivity index (χ4n) is 3.76. The molecule has 0 unspecified atom stereocenters. The van der Waals surface area contributed by atoms with Crippen LogP contribution >= 0.6 is 0 Å². The summed E-state index contributed by atoms with van der Waals surface area (Å²) in [5, 5.41) is 5.37. The molecule has 2 N–H and O–H groups in total. The maximum atomic E-state index is 14.6. The Kier molecular flexibility index (Phi) is 5.15. The summed E-state index contributed by atoms with van der Waals surface area (Å²) in [6.07, 6.45) is 1.62. The molecule has 30 heavy (non-hydrogen) atoms. The molecule has 0 radical (unpaired) electrons. The third-order valence-electron chi connectivity index (χ3n) is 5.33. The van der Waals surface area contributed by atoms with Crippen molar-refractivity contribution in [3.63, 3.8) is 0 Å². The summed E-state index contributed by atoms with van der Waals surface area (Å²) in [6, 6.07) is 8.51. The molecule has 2 aromatic carbocycles. The highest BCUT2D eigenvalue weighted by atomic mass is 19.1. The Morgan fingerprint density at radius 2 is 1.80 bits per heavy atom. The van der Waals surface area contributed by atoms with Crippen molar-refractivity contribution < 1.29 is 23.1 Å². The summed E-state index contributed by atoms with van der Waals surface area (Å²) in [4.78, 5) is 27.5. The lowest BCUT2D eigenvalue weighted by atomic mass is 9.93. The van der Waals surface area contributed by atoms with Gasteiger partial charge in [-0.05, 0) is 44.0 Å². The Bertz CT molecular complexity index is 1030. The molecule has 3 amide bonds. The number of amides is 3. The van der Waals surface area contributed by atoms with Crippen LogP contribution in [0.15, 0.2) is 53.7 Å². The van der Waals surface area contributed by atoms with Gasteiger partial charge in [-0.3, -0.25) is 9.69 Å². The van der Waals surface area contributed by atoms with Gasteiger partial charge < -0.3 is 15.4 Å². The number of hydrogen-bond acceptors (Lipinski definition) is 3. The van der Waals surface area contributed by atoms with Crippen molar-refractivity contribution >= 4 is 17.6 Å². The number of para-hydroxylation sites is 2. The molecule has 1 fully saturated rings. The van der Waals surface area contributed by atoms with Crippen LogP contribution in [-0.2, 0) is 4.79 Å². The van der Waals surface area contributed by atoms with Gasteiger partial charge in [-0.1, -0.05) is 18.2 Å². The summed E-state index contributed by atoms with van der Waals surface area (Å²) in [6.45, 7) is 1.62. The van der Waals surface area contributed by atoms with E-state index in [0.717, 1.165) is 25.0 Å². The first-order valence-electron chi connectivity index (χ1n) is 9.61. The molecule has 2 aromatic rings. The number of carbonyl (C=O) groups excluding carboxylic acids is 2. The van der Waals surface area contributed by atoms with Crippen LogP contribution in [0.25, 0.3) is 0 Å². The average molecular weight is 413 g/mol. The number of allylic oxidation sites excluding steroid dienone is 1. The highest BCUT2D eigenvalue weighted by Gasteiger charge is 2.43. The van der Waals surface area contributed by atoms with E-state index in [1.165, 1.54) is 18.1 Å². The Labute approximate surface area is 172 Å². The second-order valence-corrected chi connectivity index (χ2v) is 7.27. The zero-order valence-electron chi connectivity index (χ0n) is 16.5. The van der Waals surface area contributed by atoms with Crippen LogP contribution in [0.4, 0.5) is 19.3 Å². The van der Waals surface area contributed by atoms with Crippen LogP contribution in [-0.4, -0.2) is 30.0 Å². The van der Waals surface area contributed by atoms with Gasteiger partial charge in [0.1, 0.15) is 17.4 Å². The van der Waals surface area contributed by atoms with Crippen molar-refractivity contribution in [3.8, 4) is 5.75 Å². The van der Waals surface area contributed by atoms with E-state index < -0.39 is 29.6 Å². The Hall–Kier alpha value is -3.42. The van der Waals surface area contributed by atoms with Gasteiger partial charge in [-0.2, -0.15) is 0 Å². The average Bonchev–Trinajstić information content (AvgIpc) is 3.53. The van der Waals surface area contributed by atoms with E-state index in [9.17, 15) is 18.4 Å². The third kappa shape index (κ3) is 3.49. The Morgan fingerprint density at radius 1 is 1.13 bits per heavy atom. The zero-order valence-corrected chi connectivity index (χ0v) is 16.5. The fraction of sp³-hybridized carbons (Fsp3) is 0.273. The number of anilines is 1. The van der Waals surface area contributed by atoms with E-state index in [1.54, 1.807) is 31.2 Å². The number of carbonyl (C=O) groups is 2. The maximum Gasteiger partial charge on any atom is 0.322 e. The third-order valence-corrected chi connectivity index (χ3v) is 5.33. The summed E-state index contributed by atoms with van der Waals surface area (Å²) < 4.78 is 34.4. The van der Waals surface area contributed by atoms with Gasteiger partial charge in [0.25, 0.3) is 5.91 Å². The van der Waals surface area contributed by atoms with Crippen molar-refractivity contribution in [3.05, 3.63) is 70.9 Å². The number of hydrogen-bond donors (Lipinski definition) is 2. The first kappa shape index (κ1) is 19.9. The number of urea groups is 1. The number of rotatable bonds is 5. The van der Waals surface area contributed by atoms with Crippen LogP contribution in [0.3, 0.4) is 0 Å². The highest BCUT2D eigenvalue weighted by Crippen LogP contribution is 2.39. The Balaban J connectivity index is 1.80. The molecule has 1 aliphatic carbocycles. The molecular weight excluding hydrogens is 392 g/mol. The molecule has 1 saturated carbocycles. The quantitative estimate of drug-likeness (QED) is 0.775. The topological polar surface area (TPSA) is 70.7 Å². The standard InChI is InChI=1S/C22H21F2N3O3/c1-12-18(21(28)25-16-8-3-4-9-17(16)30-2)20(19-14(23)6-5-7-15(19)24)26-22(29)27(12)13-10-11-13/h3-9,13,20H,10-11H2,1-2H3,(H,25,28)(H,26,29)/t20-/m1/s1. The van der Waals surface area contributed by atoms with E-state index in [1.807, 2.05) is 0 Å². The van der Waals surface area contributed by atoms with E-state index in [4.69, 9.17) is 4.74 Å². The second kappa shape index (κ2) is 7.78. The molecule has 1 aliphatic heterocycles. The molecule has 0 spiro atoms. The van der Waals surface area contributed by atoms with E-state index in [-0.39, 0.29) is 17.2 Å². The van der Waals surface area contributed by atoms with Crippen molar-refractivity contribution in [1.82, 2.24) is 10.2 Å². The second-order valence-electron chi connectivity index (χ2n) is 7.27. The van der Waals surface area contributed by atoms with Gasteiger partial charge in [0.05, 0.1) is 30.0 Å². The van der Waals surface area contributed by atoms with Gasteiger partial charge in [-0.25, -0.2) is 13.6 Å². The number of nitrogens with one attached hydrogen (secondary N) is 2. The normalized spacial score (nSPS) is 18.9. The van der Waals surface area contributed by atoms with Crippen LogP contribution in [0.5, 0.6) is 5.75 Å². The number of benzene rings is 2. The lowest BCUT2D eigenvalue weighted by molar-refractivity contribution is -0.113. The van der Waals surface area contributed by atoms with E-state index in [2.05, 4.69) is 10.6 Å². The largest absolute Gasteiger partial charge is 0.495 e. The Morgan fingerprint density at radius 3 is 2.43 bits per heavy atom. The lowest BCUT2D eigenvalue weighted by Gasteiger charge is -2.36. The SMILES string of the molecule is COc1ccccc1NC(=O)C1=C(C)N(C2CC2)C(=O)N[C@H]1c1c(F)cccc1F. The van der Waals surface area contributed by atoms with Gasteiger partial charge in [-0.15, -0.1) is 0 Å². The minimum atomic E-state index is -1.26. The minimum absolute atomic E-state index is 0.0227. The summed E-state index contributed by atoms with van der Waals surface area (Å²) in [7, 11) is 1.47. The fourth-order valence-corrected chi connectivity index (χ4v) is 3.76. The molecule has 156 valence electrons. The monoisotopic (exact) mass is 413 g/mol.